The van der Waals surface area contributed by atoms with E-state index in [0.29, 0.717) is 4.96 Å². The van der Waals surface area contributed by atoms with Crippen molar-refractivity contribution in [3.63, 3.8) is 0 Å². The third kappa shape index (κ3) is 2.80. The molecule has 0 fully saturated rings. The van der Waals surface area contributed by atoms with Crippen LogP contribution in [0, 0.1) is 0 Å². The Balaban J connectivity index is 2.42. The average Bonchev–Trinajstić information content (AvgIpc) is 2.96. The monoisotopic (exact) mass is 317 g/mol. The Labute approximate surface area is 122 Å². The number of nitrogen functional groups attached to an aromatic ring is 1. The molecule has 0 aliphatic heterocycles. The number of hydrogen-bond acceptors (Lipinski definition) is 6. The highest BCUT2D eigenvalue weighted by molar-refractivity contribution is 7.89. The molecule has 0 aromatic carbocycles. The quantitative estimate of drug-likeness (QED) is 0.531. The fourth-order valence-corrected chi connectivity index (χ4v) is 4.46. The van der Waals surface area contributed by atoms with Crippen LogP contribution in [0.2, 0.25) is 0 Å². The fourth-order valence-electron chi connectivity index (χ4n) is 2.09. The van der Waals surface area contributed by atoms with E-state index in [1.54, 1.807) is 11.6 Å². The van der Waals surface area contributed by atoms with Crippen LogP contribution in [0.3, 0.4) is 0 Å². The summed E-state index contributed by atoms with van der Waals surface area (Å²) in [5.41, 5.74) is 2.36. The Kier molecular flexibility index (Phi) is 4.63. The molecule has 4 N–H and O–H groups in total. The van der Waals surface area contributed by atoms with Gasteiger partial charge in [0.2, 0.25) is 5.03 Å². The largest absolute Gasteiger partial charge is 0.306 e. The Morgan fingerprint density at radius 1 is 1.50 bits per heavy atom. The summed E-state index contributed by atoms with van der Waals surface area (Å²) >= 11 is 1.35. The second-order valence-corrected chi connectivity index (χ2v) is 6.98. The van der Waals surface area contributed by atoms with Crippen molar-refractivity contribution in [3.8, 4) is 0 Å². The Morgan fingerprint density at radius 2 is 2.25 bits per heavy atom. The number of nitrogens with one attached hydrogen (secondary N) is 2. The minimum Gasteiger partial charge on any atom is -0.306 e. The van der Waals surface area contributed by atoms with Gasteiger partial charge in [0.05, 0.1) is 0 Å². The molecule has 1 unspecified atom stereocenters. The van der Waals surface area contributed by atoms with Gasteiger partial charge in [0, 0.05) is 17.6 Å². The smallest absolute Gasteiger partial charge is 0.260 e. The van der Waals surface area contributed by atoms with Crippen molar-refractivity contribution >= 4 is 32.1 Å². The molecule has 2 aromatic heterocycles. The van der Waals surface area contributed by atoms with Crippen LogP contribution in [0.1, 0.15) is 33.1 Å². The maximum atomic E-state index is 12.6. The first kappa shape index (κ1) is 15.2. The van der Waals surface area contributed by atoms with Crippen molar-refractivity contribution in [2.45, 2.75) is 44.2 Å². The lowest BCUT2D eigenvalue weighted by atomic mass is 10.1. The van der Waals surface area contributed by atoms with E-state index < -0.39 is 10.0 Å². The topological polar surface area (TPSA) is 102 Å². The van der Waals surface area contributed by atoms with Crippen LogP contribution in [0.5, 0.6) is 0 Å². The van der Waals surface area contributed by atoms with Crippen LogP contribution < -0.4 is 16.0 Å². The molecule has 1 atom stereocenters. The van der Waals surface area contributed by atoms with E-state index in [2.05, 4.69) is 15.1 Å². The maximum absolute atomic E-state index is 12.6. The van der Waals surface area contributed by atoms with Gasteiger partial charge in [-0.1, -0.05) is 20.3 Å². The fraction of sp³-hybridized carbons (Fsp3) is 0.545. The summed E-state index contributed by atoms with van der Waals surface area (Å²) in [6.45, 7) is 3.99. The van der Waals surface area contributed by atoms with Gasteiger partial charge < -0.3 is 5.43 Å². The van der Waals surface area contributed by atoms with Gasteiger partial charge in [0.25, 0.3) is 10.0 Å². The molecule has 112 valence electrons. The van der Waals surface area contributed by atoms with E-state index >= 15 is 0 Å². The molecule has 7 nitrogen and oxygen atoms in total. The van der Waals surface area contributed by atoms with E-state index in [1.165, 1.54) is 15.7 Å². The van der Waals surface area contributed by atoms with Crippen molar-refractivity contribution in [1.29, 1.82) is 0 Å². The third-order valence-corrected chi connectivity index (χ3v) is 5.36. The standard InChI is InChI=1S/C11H19N5O2S2/c1-3-5-8(4-2)15-20(17,18)10-9(14-12)13-11-16(10)6-7-19-11/h6-8,14-15H,3-5,12H2,1-2H3. The Morgan fingerprint density at radius 3 is 2.85 bits per heavy atom. The summed E-state index contributed by atoms with van der Waals surface area (Å²) in [4.78, 5) is 4.75. The highest BCUT2D eigenvalue weighted by Gasteiger charge is 2.27. The maximum Gasteiger partial charge on any atom is 0.260 e. The van der Waals surface area contributed by atoms with Crippen molar-refractivity contribution < 1.29 is 8.42 Å². The molecule has 0 bridgehead atoms. The summed E-state index contributed by atoms with van der Waals surface area (Å²) in [5, 5.41) is 1.84. The van der Waals surface area contributed by atoms with Crippen LogP contribution >= 0.6 is 11.3 Å². The Hall–Kier alpha value is -1.16. The molecule has 0 aliphatic rings. The molecular formula is C11H19N5O2S2. The van der Waals surface area contributed by atoms with Crippen LogP contribution in [0.25, 0.3) is 4.96 Å². The van der Waals surface area contributed by atoms with Crippen LogP contribution in [-0.2, 0) is 10.0 Å². The van der Waals surface area contributed by atoms with Crippen molar-refractivity contribution in [2.24, 2.45) is 5.84 Å². The lowest BCUT2D eigenvalue weighted by Crippen LogP contribution is -2.35. The number of nitrogens with two attached hydrogens (primary N) is 1. The molecular weight excluding hydrogens is 298 g/mol. The van der Waals surface area contributed by atoms with E-state index in [9.17, 15) is 8.42 Å². The molecule has 0 spiro atoms. The van der Waals surface area contributed by atoms with E-state index in [-0.39, 0.29) is 16.9 Å². The van der Waals surface area contributed by atoms with Crippen molar-refractivity contribution in [1.82, 2.24) is 14.1 Å². The molecule has 9 heteroatoms. The summed E-state index contributed by atoms with van der Waals surface area (Å²) in [6, 6.07) is -0.0835. The highest BCUT2D eigenvalue weighted by Crippen LogP contribution is 2.25. The summed E-state index contributed by atoms with van der Waals surface area (Å²) in [7, 11) is -3.68. The van der Waals surface area contributed by atoms with Crippen molar-refractivity contribution in [2.75, 3.05) is 5.43 Å². The highest BCUT2D eigenvalue weighted by atomic mass is 32.2. The molecule has 2 rings (SSSR count). The first-order valence-electron chi connectivity index (χ1n) is 6.48. The number of imidazole rings is 1. The Bertz CT molecular complexity index is 676. The van der Waals surface area contributed by atoms with E-state index in [0.717, 1.165) is 19.3 Å². The van der Waals surface area contributed by atoms with Gasteiger partial charge in [0.1, 0.15) is 0 Å². The minimum absolute atomic E-state index is 0.0609. The second kappa shape index (κ2) is 6.08. The van der Waals surface area contributed by atoms with Crippen LogP contribution in [0.4, 0.5) is 5.82 Å². The number of fused-ring (bicyclic) bond motifs is 1. The van der Waals surface area contributed by atoms with Crippen LogP contribution in [-0.4, -0.2) is 23.8 Å². The first-order chi connectivity index (χ1) is 9.53. The zero-order valence-corrected chi connectivity index (χ0v) is 13.1. The first-order valence-corrected chi connectivity index (χ1v) is 8.84. The molecule has 0 saturated heterocycles. The molecule has 0 saturated carbocycles. The van der Waals surface area contributed by atoms with Gasteiger partial charge in [-0.3, -0.25) is 4.40 Å². The molecule has 2 aromatic rings. The number of aromatic nitrogens is 2. The van der Waals surface area contributed by atoms with Gasteiger partial charge >= 0.3 is 0 Å². The van der Waals surface area contributed by atoms with E-state index in [1.807, 2.05) is 13.8 Å². The van der Waals surface area contributed by atoms with Crippen molar-refractivity contribution in [3.05, 3.63) is 11.6 Å². The predicted molar refractivity (Wildman–Crippen MR) is 80.2 cm³/mol. The number of thiazole rings is 1. The average molecular weight is 317 g/mol. The predicted octanol–water partition coefficient (Wildman–Crippen LogP) is 1.54. The lowest BCUT2D eigenvalue weighted by molar-refractivity contribution is 0.510. The lowest BCUT2D eigenvalue weighted by Gasteiger charge is -2.16. The molecule has 2 heterocycles. The number of anilines is 1. The zero-order valence-electron chi connectivity index (χ0n) is 11.5. The second-order valence-electron chi connectivity index (χ2n) is 4.48. The van der Waals surface area contributed by atoms with Gasteiger partial charge in [0.15, 0.2) is 10.8 Å². The summed E-state index contributed by atoms with van der Waals surface area (Å²) in [5.74, 6) is 5.54. The third-order valence-electron chi connectivity index (χ3n) is 3.06. The number of rotatable bonds is 7. The summed E-state index contributed by atoms with van der Waals surface area (Å²) < 4.78 is 29.4. The number of hydrogen-bond donors (Lipinski definition) is 3. The SMILES string of the molecule is CCCC(CC)NS(=O)(=O)c1c(NN)nc2sccn12. The van der Waals surface area contributed by atoms with Gasteiger partial charge in [-0.25, -0.2) is 19.0 Å². The van der Waals surface area contributed by atoms with Gasteiger partial charge in [-0.05, 0) is 12.8 Å². The zero-order chi connectivity index (χ0) is 14.8. The molecule has 0 aliphatic carbocycles. The number of nitrogens with zero attached hydrogens (tertiary/aromatic N) is 2. The van der Waals surface area contributed by atoms with Gasteiger partial charge in [-0.15, -0.1) is 11.3 Å². The molecule has 20 heavy (non-hydrogen) atoms. The van der Waals surface area contributed by atoms with Crippen LogP contribution in [0.15, 0.2) is 16.6 Å². The van der Waals surface area contributed by atoms with E-state index in [4.69, 9.17) is 5.84 Å². The summed E-state index contributed by atoms with van der Waals surface area (Å²) in [6.07, 6.45) is 4.13. The number of sulfonamides is 1. The number of hydrazine groups is 1. The normalized spacial score (nSPS) is 13.8. The molecule has 0 radical (unpaired) electrons. The molecule has 0 amide bonds. The van der Waals surface area contributed by atoms with Gasteiger partial charge in [-0.2, -0.15) is 4.98 Å². The minimum atomic E-state index is -3.68.